The van der Waals surface area contributed by atoms with Crippen LogP contribution < -0.4 is 5.32 Å². The van der Waals surface area contributed by atoms with Gasteiger partial charge < -0.3 is 5.32 Å². The average Bonchev–Trinajstić information content (AvgIpc) is 2.92. The van der Waals surface area contributed by atoms with Crippen molar-refractivity contribution in [2.75, 3.05) is 6.54 Å². The summed E-state index contributed by atoms with van der Waals surface area (Å²) < 4.78 is 0. The molecule has 1 heterocycles. The first-order valence-electron chi connectivity index (χ1n) is 6.33. The SMILES string of the molecule is N#CC1(C(=O)NCCc2cscn2)CCCCC1. The van der Waals surface area contributed by atoms with Crippen molar-refractivity contribution in [3.8, 4) is 6.07 Å². The number of nitriles is 1. The van der Waals surface area contributed by atoms with E-state index in [1.54, 1.807) is 16.8 Å². The molecule has 1 aliphatic carbocycles. The van der Waals surface area contributed by atoms with E-state index in [0.29, 0.717) is 19.4 Å². The number of amides is 1. The Bertz CT molecular complexity index is 430. The molecule has 0 aromatic carbocycles. The summed E-state index contributed by atoms with van der Waals surface area (Å²) in [6.45, 7) is 0.562. The van der Waals surface area contributed by atoms with Gasteiger partial charge in [-0.05, 0) is 12.8 Å². The number of carbonyl (C=O) groups excluding carboxylic acids is 1. The number of nitrogens with zero attached hydrogens (tertiary/aromatic N) is 2. The molecule has 0 radical (unpaired) electrons. The van der Waals surface area contributed by atoms with E-state index in [4.69, 9.17) is 0 Å². The van der Waals surface area contributed by atoms with Crippen LogP contribution in [-0.4, -0.2) is 17.4 Å². The Morgan fingerprint density at radius 1 is 1.50 bits per heavy atom. The third kappa shape index (κ3) is 2.88. The number of nitrogens with one attached hydrogen (secondary N) is 1. The summed E-state index contributed by atoms with van der Waals surface area (Å²) in [5, 5.41) is 14.1. The van der Waals surface area contributed by atoms with E-state index < -0.39 is 5.41 Å². The lowest BCUT2D eigenvalue weighted by molar-refractivity contribution is -0.129. The van der Waals surface area contributed by atoms with Crippen molar-refractivity contribution in [2.24, 2.45) is 5.41 Å². The highest BCUT2D eigenvalue weighted by Crippen LogP contribution is 2.35. The van der Waals surface area contributed by atoms with Gasteiger partial charge in [-0.25, -0.2) is 4.98 Å². The molecule has 0 bridgehead atoms. The zero-order chi connectivity index (χ0) is 12.8. The Morgan fingerprint density at radius 3 is 2.89 bits per heavy atom. The zero-order valence-electron chi connectivity index (χ0n) is 10.3. The molecule has 1 aromatic heterocycles. The van der Waals surface area contributed by atoms with Gasteiger partial charge in [0.1, 0.15) is 5.41 Å². The second-order valence-corrected chi connectivity index (χ2v) is 5.46. The van der Waals surface area contributed by atoms with Crippen molar-refractivity contribution in [3.63, 3.8) is 0 Å². The molecule has 0 unspecified atom stereocenters. The fourth-order valence-corrected chi connectivity index (χ4v) is 2.97. The summed E-state index contributed by atoms with van der Waals surface area (Å²) in [6, 6.07) is 2.24. The first-order valence-corrected chi connectivity index (χ1v) is 7.28. The molecule has 1 saturated carbocycles. The molecule has 0 saturated heterocycles. The molecule has 96 valence electrons. The number of carbonyl (C=O) groups is 1. The van der Waals surface area contributed by atoms with Crippen LogP contribution in [0, 0.1) is 16.7 Å². The predicted molar refractivity (Wildman–Crippen MR) is 70.0 cm³/mol. The topological polar surface area (TPSA) is 65.8 Å². The van der Waals surface area contributed by atoms with Gasteiger partial charge in [0.25, 0.3) is 0 Å². The Kier molecular flexibility index (Phi) is 4.32. The quantitative estimate of drug-likeness (QED) is 0.906. The van der Waals surface area contributed by atoms with Gasteiger partial charge in [0.2, 0.25) is 5.91 Å². The van der Waals surface area contributed by atoms with Gasteiger partial charge >= 0.3 is 0 Å². The minimum absolute atomic E-state index is 0.0973. The fourth-order valence-electron chi connectivity index (χ4n) is 2.38. The molecule has 1 amide bonds. The molecular formula is C13H17N3OS. The molecule has 4 nitrogen and oxygen atoms in total. The van der Waals surface area contributed by atoms with Gasteiger partial charge in [-0.15, -0.1) is 11.3 Å². The maximum Gasteiger partial charge on any atom is 0.240 e. The van der Waals surface area contributed by atoms with E-state index in [2.05, 4.69) is 16.4 Å². The van der Waals surface area contributed by atoms with Gasteiger partial charge in [-0.2, -0.15) is 5.26 Å². The predicted octanol–water partition coefficient (Wildman–Crippen LogP) is 2.28. The van der Waals surface area contributed by atoms with E-state index in [1.807, 2.05) is 5.38 Å². The van der Waals surface area contributed by atoms with Crippen molar-refractivity contribution >= 4 is 17.2 Å². The molecule has 0 atom stereocenters. The third-order valence-electron chi connectivity index (χ3n) is 3.51. The van der Waals surface area contributed by atoms with Gasteiger partial charge in [-0.1, -0.05) is 19.3 Å². The Labute approximate surface area is 111 Å². The number of rotatable bonds is 4. The molecule has 5 heteroatoms. The highest BCUT2D eigenvalue weighted by Gasteiger charge is 2.39. The van der Waals surface area contributed by atoms with Crippen molar-refractivity contribution in [1.29, 1.82) is 5.26 Å². The van der Waals surface area contributed by atoms with Crippen LogP contribution in [0.1, 0.15) is 37.8 Å². The van der Waals surface area contributed by atoms with Crippen molar-refractivity contribution in [3.05, 3.63) is 16.6 Å². The first-order chi connectivity index (χ1) is 8.77. The number of thiazole rings is 1. The van der Waals surface area contributed by atoms with E-state index >= 15 is 0 Å². The maximum atomic E-state index is 12.1. The summed E-state index contributed by atoms with van der Waals surface area (Å²) in [4.78, 5) is 16.3. The number of hydrogen-bond donors (Lipinski definition) is 1. The standard InChI is InChI=1S/C13H17N3OS/c14-9-13(5-2-1-3-6-13)12(17)15-7-4-11-8-18-10-16-11/h8,10H,1-7H2,(H,15,17). The zero-order valence-corrected chi connectivity index (χ0v) is 11.1. The van der Waals surface area contributed by atoms with Crippen LogP contribution in [0.2, 0.25) is 0 Å². The summed E-state index contributed by atoms with van der Waals surface area (Å²) >= 11 is 1.55. The first kappa shape index (κ1) is 13.0. The van der Waals surface area contributed by atoms with Crippen LogP contribution in [0.3, 0.4) is 0 Å². The number of aromatic nitrogens is 1. The number of hydrogen-bond acceptors (Lipinski definition) is 4. The Morgan fingerprint density at radius 2 is 2.28 bits per heavy atom. The normalized spacial score (nSPS) is 17.9. The molecule has 1 N–H and O–H groups in total. The van der Waals surface area contributed by atoms with Gasteiger partial charge in [0.05, 0.1) is 17.3 Å². The average molecular weight is 263 g/mol. The highest BCUT2D eigenvalue weighted by atomic mass is 32.1. The van der Waals surface area contributed by atoms with Crippen LogP contribution in [0.25, 0.3) is 0 Å². The third-order valence-corrected chi connectivity index (χ3v) is 4.14. The lowest BCUT2D eigenvalue weighted by Gasteiger charge is -2.29. The summed E-state index contributed by atoms with van der Waals surface area (Å²) in [7, 11) is 0. The Balaban J connectivity index is 1.84. The minimum atomic E-state index is -0.777. The monoisotopic (exact) mass is 263 g/mol. The maximum absolute atomic E-state index is 12.1. The molecule has 0 spiro atoms. The summed E-state index contributed by atoms with van der Waals surface area (Å²) in [6.07, 6.45) is 5.23. The van der Waals surface area contributed by atoms with Crippen LogP contribution in [0.15, 0.2) is 10.9 Å². The van der Waals surface area contributed by atoms with Gasteiger partial charge in [0, 0.05) is 18.3 Å². The Hall–Kier alpha value is -1.41. The molecule has 18 heavy (non-hydrogen) atoms. The molecule has 1 aromatic rings. The largest absolute Gasteiger partial charge is 0.354 e. The molecule has 0 aliphatic heterocycles. The van der Waals surface area contributed by atoms with E-state index in [1.165, 1.54) is 0 Å². The highest BCUT2D eigenvalue weighted by molar-refractivity contribution is 7.07. The smallest absolute Gasteiger partial charge is 0.240 e. The minimum Gasteiger partial charge on any atom is -0.354 e. The van der Waals surface area contributed by atoms with Crippen molar-refractivity contribution < 1.29 is 4.79 Å². The molecule has 2 rings (SSSR count). The fraction of sp³-hybridized carbons (Fsp3) is 0.615. The van der Waals surface area contributed by atoms with Crippen LogP contribution >= 0.6 is 11.3 Å². The molecule has 1 aliphatic rings. The van der Waals surface area contributed by atoms with E-state index in [-0.39, 0.29) is 5.91 Å². The summed E-state index contributed by atoms with van der Waals surface area (Å²) in [5.41, 5.74) is 2.00. The van der Waals surface area contributed by atoms with Crippen LogP contribution in [0.4, 0.5) is 0 Å². The van der Waals surface area contributed by atoms with Gasteiger partial charge in [-0.3, -0.25) is 4.79 Å². The van der Waals surface area contributed by atoms with Crippen molar-refractivity contribution in [2.45, 2.75) is 38.5 Å². The molecule has 1 fully saturated rings. The van der Waals surface area contributed by atoms with Crippen molar-refractivity contribution in [1.82, 2.24) is 10.3 Å². The lowest BCUT2D eigenvalue weighted by Crippen LogP contribution is -2.42. The van der Waals surface area contributed by atoms with E-state index in [9.17, 15) is 10.1 Å². The lowest BCUT2D eigenvalue weighted by atomic mass is 9.74. The van der Waals surface area contributed by atoms with Crippen LogP contribution in [0.5, 0.6) is 0 Å². The molecular weight excluding hydrogens is 246 g/mol. The van der Waals surface area contributed by atoms with Crippen LogP contribution in [-0.2, 0) is 11.2 Å². The van der Waals surface area contributed by atoms with E-state index in [0.717, 1.165) is 31.4 Å². The summed E-state index contributed by atoms with van der Waals surface area (Å²) in [5.74, 6) is -0.0973. The second kappa shape index (κ2) is 5.96. The second-order valence-electron chi connectivity index (χ2n) is 4.74. The van der Waals surface area contributed by atoms with Gasteiger partial charge in [0.15, 0.2) is 0 Å².